The summed E-state index contributed by atoms with van der Waals surface area (Å²) < 4.78 is 25.7. The molecule has 0 saturated carbocycles. The first-order valence-electron chi connectivity index (χ1n) is 4.59. The minimum Gasteiger partial charge on any atom is -0.478 e. The number of rotatable bonds is 4. The highest BCUT2D eigenvalue weighted by Gasteiger charge is 2.13. The van der Waals surface area contributed by atoms with Crippen molar-refractivity contribution >= 4 is 12.0 Å². The van der Waals surface area contributed by atoms with E-state index in [0.717, 1.165) is 6.07 Å². The molecule has 1 aromatic carbocycles. The van der Waals surface area contributed by atoms with Gasteiger partial charge >= 0.3 is 5.97 Å². The highest BCUT2D eigenvalue weighted by Crippen LogP contribution is 2.16. The minimum absolute atomic E-state index is 0.140. The molecule has 0 aromatic heterocycles. The topological polar surface area (TPSA) is 49.3 Å². The summed E-state index contributed by atoms with van der Waals surface area (Å²) in [7, 11) is 1.72. The Morgan fingerprint density at radius 1 is 1.44 bits per heavy atom. The maximum atomic E-state index is 12.9. The van der Waals surface area contributed by atoms with E-state index in [4.69, 9.17) is 5.11 Å². The predicted molar refractivity (Wildman–Crippen MR) is 56.3 cm³/mol. The Kier molecular flexibility index (Phi) is 4.13. The van der Waals surface area contributed by atoms with Crippen molar-refractivity contribution in [1.82, 2.24) is 5.32 Å². The number of halogens is 2. The van der Waals surface area contributed by atoms with E-state index in [1.165, 1.54) is 6.08 Å². The molecule has 1 aromatic rings. The smallest absolute Gasteiger partial charge is 0.336 e. The second-order valence-corrected chi connectivity index (χ2v) is 3.12. The van der Waals surface area contributed by atoms with Gasteiger partial charge in [-0.3, -0.25) is 0 Å². The van der Waals surface area contributed by atoms with Gasteiger partial charge in [0.1, 0.15) is 0 Å². The summed E-state index contributed by atoms with van der Waals surface area (Å²) in [5, 5.41) is 11.6. The van der Waals surface area contributed by atoms with Gasteiger partial charge in [0.25, 0.3) is 0 Å². The fourth-order valence-electron chi connectivity index (χ4n) is 1.19. The number of aromatic carboxylic acids is 1. The quantitative estimate of drug-likeness (QED) is 0.825. The first-order valence-corrected chi connectivity index (χ1v) is 4.59. The van der Waals surface area contributed by atoms with Crippen LogP contribution in [0.5, 0.6) is 0 Å². The van der Waals surface area contributed by atoms with Gasteiger partial charge in [0.05, 0.1) is 5.56 Å². The molecule has 0 fully saturated rings. The maximum Gasteiger partial charge on any atom is 0.336 e. The van der Waals surface area contributed by atoms with Crippen LogP contribution in [0.1, 0.15) is 15.9 Å². The van der Waals surface area contributed by atoms with Crippen molar-refractivity contribution in [1.29, 1.82) is 0 Å². The predicted octanol–water partition coefficient (Wildman–Crippen LogP) is 1.90. The van der Waals surface area contributed by atoms with Crippen molar-refractivity contribution in [3.63, 3.8) is 0 Å². The van der Waals surface area contributed by atoms with Crippen molar-refractivity contribution in [2.75, 3.05) is 13.6 Å². The van der Waals surface area contributed by atoms with Crippen LogP contribution >= 0.6 is 0 Å². The first kappa shape index (κ1) is 12.3. The summed E-state index contributed by atoms with van der Waals surface area (Å²) in [4.78, 5) is 10.8. The molecule has 0 saturated heterocycles. The van der Waals surface area contributed by atoms with Crippen molar-refractivity contribution in [2.24, 2.45) is 0 Å². The van der Waals surface area contributed by atoms with Crippen molar-refractivity contribution in [3.8, 4) is 0 Å². The van der Waals surface area contributed by atoms with E-state index in [-0.39, 0.29) is 11.1 Å². The molecule has 0 amide bonds. The summed E-state index contributed by atoms with van der Waals surface area (Å²) in [6.07, 6.45) is 3.06. The van der Waals surface area contributed by atoms with Crippen LogP contribution in [0.4, 0.5) is 8.78 Å². The third-order valence-electron chi connectivity index (χ3n) is 1.94. The zero-order chi connectivity index (χ0) is 12.1. The molecule has 0 aliphatic rings. The van der Waals surface area contributed by atoms with E-state index in [9.17, 15) is 13.6 Å². The molecule has 16 heavy (non-hydrogen) atoms. The number of carboxylic acids is 1. The average molecular weight is 227 g/mol. The lowest BCUT2D eigenvalue weighted by atomic mass is 10.1. The van der Waals surface area contributed by atoms with Gasteiger partial charge in [0.2, 0.25) is 0 Å². The molecule has 5 heteroatoms. The number of carboxylic acid groups (broad SMARTS) is 1. The summed E-state index contributed by atoms with van der Waals surface area (Å²) in [5.74, 6) is -3.51. The number of hydrogen-bond donors (Lipinski definition) is 2. The van der Waals surface area contributed by atoms with Crippen LogP contribution in [-0.2, 0) is 0 Å². The molecule has 0 aliphatic carbocycles. The molecule has 0 bridgehead atoms. The van der Waals surface area contributed by atoms with Gasteiger partial charge in [-0.2, -0.15) is 0 Å². The molecule has 0 atom stereocenters. The highest BCUT2D eigenvalue weighted by molar-refractivity contribution is 5.92. The Morgan fingerprint density at radius 3 is 2.62 bits per heavy atom. The number of nitrogens with one attached hydrogen (secondary N) is 1. The molecular formula is C11H11F2NO2. The standard InChI is InChI=1S/C11H11F2NO2/c1-14-4-2-3-7-5-9(12)10(13)6-8(7)11(15)16/h2-3,5-6,14H,4H2,1H3,(H,15,16). The summed E-state index contributed by atoms with van der Waals surface area (Å²) in [5.41, 5.74) is -0.118. The van der Waals surface area contributed by atoms with Gasteiger partial charge in [0.15, 0.2) is 11.6 Å². The van der Waals surface area contributed by atoms with Crippen LogP contribution in [-0.4, -0.2) is 24.7 Å². The molecule has 2 N–H and O–H groups in total. The van der Waals surface area contributed by atoms with E-state index in [1.807, 2.05) is 0 Å². The Hall–Kier alpha value is -1.75. The number of likely N-dealkylation sites (N-methyl/N-ethyl adjacent to an activating group) is 1. The molecule has 0 spiro atoms. The lowest BCUT2D eigenvalue weighted by Crippen LogP contribution is -2.05. The van der Waals surface area contributed by atoms with Crippen LogP contribution in [0.3, 0.4) is 0 Å². The third kappa shape index (κ3) is 2.87. The first-order chi connectivity index (χ1) is 7.56. The van der Waals surface area contributed by atoms with Crippen molar-refractivity contribution in [2.45, 2.75) is 0 Å². The van der Waals surface area contributed by atoms with Crippen LogP contribution in [0.25, 0.3) is 6.08 Å². The van der Waals surface area contributed by atoms with Gasteiger partial charge < -0.3 is 10.4 Å². The fourth-order valence-corrected chi connectivity index (χ4v) is 1.19. The Labute approximate surface area is 91.4 Å². The van der Waals surface area contributed by atoms with Crippen LogP contribution < -0.4 is 5.32 Å². The minimum atomic E-state index is -1.29. The maximum absolute atomic E-state index is 12.9. The number of benzene rings is 1. The lowest BCUT2D eigenvalue weighted by molar-refractivity contribution is 0.0696. The second kappa shape index (κ2) is 5.37. The third-order valence-corrected chi connectivity index (χ3v) is 1.94. The van der Waals surface area contributed by atoms with Crippen LogP contribution in [0, 0.1) is 11.6 Å². The zero-order valence-corrected chi connectivity index (χ0v) is 8.63. The van der Waals surface area contributed by atoms with Gasteiger partial charge in [-0.15, -0.1) is 0 Å². The Bertz CT molecular complexity index is 430. The molecule has 1 rings (SSSR count). The Balaban J connectivity index is 3.14. The van der Waals surface area contributed by atoms with E-state index in [1.54, 1.807) is 13.1 Å². The van der Waals surface area contributed by atoms with E-state index >= 15 is 0 Å². The van der Waals surface area contributed by atoms with E-state index in [2.05, 4.69) is 5.32 Å². The summed E-state index contributed by atoms with van der Waals surface area (Å²) in [6.45, 7) is 0.512. The molecule has 0 aliphatic heterocycles. The van der Waals surface area contributed by atoms with Crippen LogP contribution in [0.2, 0.25) is 0 Å². The zero-order valence-electron chi connectivity index (χ0n) is 8.63. The molecular weight excluding hydrogens is 216 g/mol. The normalized spacial score (nSPS) is 10.9. The van der Waals surface area contributed by atoms with E-state index < -0.39 is 17.6 Å². The van der Waals surface area contributed by atoms with E-state index in [0.29, 0.717) is 12.6 Å². The molecule has 0 heterocycles. The highest BCUT2D eigenvalue weighted by atomic mass is 19.2. The van der Waals surface area contributed by atoms with Gasteiger partial charge in [-0.1, -0.05) is 12.2 Å². The number of hydrogen-bond acceptors (Lipinski definition) is 2. The number of carbonyl (C=O) groups is 1. The summed E-state index contributed by atoms with van der Waals surface area (Å²) in [6, 6.07) is 1.54. The monoisotopic (exact) mass is 227 g/mol. The molecule has 0 unspecified atom stereocenters. The molecule has 0 radical (unpaired) electrons. The molecule has 86 valence electrons. The van der Waals surface area contributed by atoms with Crippen LogP contribution in [0.15, 0.2) is 18.2 Å². The van der Waals surface area contributed by atoms with Gasteiger partial charge in [-0.25, -0.2) is 13.6 Å². The Morgan fingerprint density at radius 2 is 2.06 bits per heavy atom. The van der Waals surface area contributed by atoms with Gasteiger partial charge in [-0.05, 0) is 24.7 Å². The molecule has 3 nitrogen and oxygen atoms in total. The largest absolute Gasteiger partial charge is 0.478 e. The second-order valence-electron chi connectivity index (χ2n) is 3.12. The van der Waals surface area contributed by atoms with Gasteiger partial charge in [0, 0.05) is 6.54 Å². The average Bonchev–Trinajstić information content (AvgIpc) is 2.23. The fraction of sp³-hybridized carbons (Fsp3) is 0.182. The van der Waals surface area contributed by atoms with Crippen molar-refractivity contribution in [3.05, 3.63) is 41.0 Å². The lowest BCUT2D eigenvalue weighted by Gasteiger charge is -2.02. The summed E-state index contributed by atoms with van der Waals surface area (Å²) >= 11 is 0. The van der Waals surface area contributed by atoms with Crippen molar-refractivity contribution < 1.29 is 18.7 Å². The SMILES string of the molecule is CNCC=Cc1cc(F)c(F)cc1C(=O)O.